The van der Waals surface area contributed by atoms with Gasteiger partial charge in [-0.15, -0.1) is 0 Å². The molecule has 21 heteroatoms. The SMILES string of the molecule is CSSCOC1CC[C@H](n2ccc(N)nc2=O)O[C@@H]1COP(=O)(O)OP(=O)(O)OP(=O)(O)O. The van der Waals surface area contributed by atoms with E-state index in [0.29, 0.717) is 12.8 Å². The maximum atomic E-state index is 12.1. The van der Waals surface area contributed by atoms with Crippen molar-refractivity contribution in [2.24, 2.45) is 0 Å². The number of phosphoric ester groups is 1. The number of nitrogens with two attached hydrogens (primary N) is 1. The van der Waals surface area contributed by atoms with E-state index >= 15 is 0 Å². The second-order valence-electron chi connectivity index (χ2n) is 6.24. The topological polar surface area (TPSA) is 239 Å². The van der Waals surface area contributed by atoms with Gasteiger partial charge in [0, 0.05) is 6.20 Å². The first kappa shape index (κ1) is 28.9. The van der Waals surface area contributed by atoms with E-state index in [-0.39, 0.29) is 11.8 Å². The van der Waals surface area contributed by atoms with Crippen molar-refractivity contribution in [1.29, 1.82) is 0 Å². The first-order valence-electron chi connectivity index (χ1n) is 8.77. The van der Waals surface area contributed by atoms with Crippen molar-refractivity contribution < 1.29 is 55.9 Å². The van der Waals surface area contributed by atoms with E-state index < -0.39 is 54.2 Å². The van der Waals surface area contributed by atoms with Crippen LogP contribution in [0.5, 0.6) is 0 Å². The zero-order valence-electron chi connectivity index (χ0n) is 16.8. The molecule has 3 unspecified atom stereocenters. The van der Waals surface area contributed by atoms with Crippen LogP contribution in [0.4, 0.5) is 5.82 Å². The van der Waals surface area contributed by atoms with Gasteiger partial charge < -0.3 is 34.8 Å². The Balaban J connectivity index is 2.11. The molecule has 5 atom stereocenters. The molecule has 1 fully saturated rings. The summed E-state index contributed by atoms with van der Waals surface area (Å²) < 4.78 is 58.9. The Hall–Kier alpha value is -0.290. The first-order chi connectivity index (χ1) is 15.2. The number of ether oxygens (including phenoxy) is 2. The van der Waals surface area contributed by atoms with Gasteiger partial charge in [-0.3, -0.25) is 9.09 Å². The van der Waals surface area contributed by atoms with Gasteiger partial charge in [0.25, 0.3) is 0 Å². The summed E-state index contributed by atoms with van der Waals surface area (Å²) in [6.07, 6.45) is 1.26. The Kier molecular flexibility index (Phi) is 10.6. The summed E-state index contributed by atoms with van der Waals surface area (Å²) >= 11 is 0. The van der Waals surface area contributed by atoms with Gasteiger partial charge in [0.05, 0.1) is 12.7 Å². The fourth-order valence-corrected chi connectivity index (χ4v) is 6.48. The maximum Gasteiger partial charge on any atom is 0.490 e. The predicted octanol–water partition coefficient (Wildman–Crippen LogP) is 1.20. The molecule has 1 aromatic rings. The van der Waals surface area contributed by atoms with Gasteiger partial charge in [0.1, 0.15) is 24.1 Å². The molecule has 0 saturated carbocycles. The van der Waals surface area contributed by atoms with E-state index in [4.69, 9.17) is 25.0 Å². The Morgan fingerprint density at radius 1 is 1.21 bits per heavy atom. The van der Waals surface area contributed by atoms with Crippen LogP contribution in [0, 0.1) is 0 Å². The Morgan fingerprint density at radius 2 is 1.91 bits per heavy atom. The highest BCUT2D eigenvalue weighted by atomic mass is 33.1. The number of phosphoric acid groups is 3. The molecular weight excluding hydrogens is 551 g/mol. The van der Waals surface area contributed by atoms with Gasteiger partial charge in [-0.25, -0.2) is 18.5 Å². The summed E-state index contributed by atoms with van der Waals surface area (Å²) in [5.74, 6) is 0.237. The van der Waals surface area contributed by atoms with E-state index in [1.165, 1.54) is 33.9 Å². The van der Waals surface area contributed by atoms with Crippen LogP contribution < -0.4 is 11.4 Å². The average Bonchev–Trinajstić information content (AvgIpc) is 2.64. The molecule has 1 saturated heterocycles. The largest absolute Gasteiger partial charge is 0.490 e. The molecule has 0 bridgehead atoms. The highest BCUT2D eigenvalue weighted by molar-refractivity contribution is 8.76. The molecule has 0 aliphatic carbocycles. The minimum absolute atomic E-state index is 0.00608. The number of hydrogen-bond acceptors (Lipinski definition) is 13. The van der Waals surface area contributed by atoms with Crippen LogP contribution in [0.25, 0.3) is 0 Å². The number of hydrogen-bond donors (Lipinski definition) is 5. The Morgan fingerprint density at radius 3 is 2.52 bits per heavy atom. The van der Waals surface area contributed by atoms with Gasteiger partial charge in [-0.05, 0) is 25.2 Å². The molecule has 1 aromatic heterocycles. The second kappa shape index (κ2) is 12.1. The third-order valence-corrected chi connectivity index (χ3v) is 9.14. The van der Waals surface area contributed by atoms with Crippen molar-refractivity contribution in [2.75, 3.05) is 24.5 Å². The van der Waals surface area contributed by atoms with Crippen molar-refractivity contribution in [3.8, 4) is 0 Å². The Bertz CT molecular complexity index is 1010. The number of aromatic nitrogens is 2. The van der Waals surface area contributed by atoms with Crippen LogP contribution in [-0.4, -0.2) is 60.1 Å². The summed E-state index contributed by atoms with van der Waals surface area (Å²) in [7, 11) is -13.7. The standard InChI is InChI=1S/C12H22N3O13P3S2/c1-32-33-7-24-8-2-3-11(15-5-4-10(13)14-12(15)16)26-9(8)6-25-30(20,21)28-31(22,23)27-29(17,18)19/h4-5,8-9,11H,2-3,6-7H2,1H3,(H,20,21)(H,22,23)(H2,13,14,16)(H2,17,18,19)/t8?,9-,11-/m1/s1. The average molecular weight is 573 g/mol. The van der Waals surface area contributed by atoms with Crippen molar-refractivity contribution in [1.82, 2.24) is 9.55 Å². The monoisotopic (exact) mass is 573 g/mol. The van der Waals surface area contributed by atoms with Crippen molar-refractivity contribution >= 4 is 50.9 Å². The van der Waals surface area contributed by atoms with Gasteiger partial charge in [-0.2, -0.15) is 13.6 Å². The molecule has 33 heavy (non-hydrogen) atoms. The smallest absolute Gasteiger partial charge is 0.383 e. The van der Waals surface area contributed by atoms with E-state index in [9.17, 15) is 28.3 Å². The van der Waals surface area contributed by atoms with Crippen molar-refractivity contribution in [2.45, 2.75) is 31.3 Å². The minimum Gasteiger partial charge on any atom is -0.383 e. The van der Waals surface area contributed by atoms with E-state index in [0.717, 1.165) is 4.57 Å². The van der Waals surface area contributed by atoms with Crippen LogP contribution in [0.15, 0.2) is 17.1 Å². The number of anilines is 1. The highest BCUT2D eigenvalue weighted by Gasteiger charge is 2.42. The molecule has 0 radical (unpaired) electrons. The predicted molar refractivity (Wildman–Crippen MR) is 117 cm³/mol. The molecule has 16 nitrogen and oxygen atoms in total. The highest BCUT2D eigenvalue weighted by Crippen LogP contribution is 2.66. The van der Waals surface area contributed by atoms with Crippen LogP contribution in [0.1, 0.15) is 19.1 Å². The molecule has 0 aromatic carbocycles. The first-order valence-corrected chi connectivity index (χ1v) is 16.0. The van der Waals surface area contributed by atoms with Crippen LogP contribution in [0.3, 0.4) is 0 Å². The summed E-state index contributed by atoms with van der Waals surface area (Å²) in [6, 6.07) is 1.38. The summed E-state index contributed by atoms with van der Waals surface area (Å²) in [4.78, 5) is 51.8. The van der Waals surface area contributed by atoms with Gasteiger partial charge in [0.2, 0.25) is 0 Å². The molecule has 2 rings (SSSR count). The lowest BCUT2D eigenvalue weighted by Crippen LogP contribution is -2.43. The van der Waals surface area contributed by atoms with E-state index in [1.54, 1.807) is 0 Å². The third-order valence-electron chi connectivity index (χ3n) is 3.87. The lowest BCUT2D eigenvalue weighted by molar-refractivity contribution is -0.169. The number of nitrogen functional groups attached to an aromatic ring is 1. The zero-order valence-corrected chi connectivity index (χ0v) is 21.1. The van der Waals surface area contributed by atoms with Crippen LogP contribution >= 0.6 is 45.1 Å². The zero-order chi connectivity index (χ0) is 24.9. The molecular formula is C12H22N3O13P3S2. The molecule has 1 aliphatic rings. The number of nitrogens with zero attached hydrogens (tertiary/aromatic N) is 2. The molecule has 6 N–H and O–H groups in total. The molecule has 0 amide bonds. The lowest BCUT2D eigenvalue weighted by atomic mass is 10.0. The minimum atomic E-state index is -5.66. The quantitative estimate of drug-likeness (QED) is 0.102. The fourth-order valence-electron chi connectivity index (χ4n) is 2.67. The molecule has 1 aliphatic heterocycles. The van der Waals surface area contributed by atoms with E-state index in [2.05, 4.69) is 18.1 Å². The fraction of sp³-hybridized carbons (Fsp3) is 0.667. The third kappa shape index (κ3) is 10.1. The summed E-state index contributed by atoms with van der Waals surface area (Å²) in [5.41, 5.74) is 4.78. The molecule has 2 heterocycles. The normalized spacial score (nSPS) is 25.3. The molecule has 190 valence electrons. The lowest BCUT2D eigenvalue weighted by Gasteiger charge is -2.36. The van der Waals surface area contributed by atoms with Crippen molar-refractivity contribution in [3.63, 3.8) is 0 Å². The van der Waals surface area contributed by atoms with Gasteiger partial charge >= 0.3 is 29.2 Å². The summed E-state index contributed by atoms with van der Waals surface area (Å²) in [6.45, 7) is -0.716. The van der Waals surface area contributed by atoms with Crippen LogP contribution in [0.2, 0.25) is 0 Å². The van der Waals surface area contributed by atoms with Gasteiger partial charge in [-0.1, -0.05) is 21.6 Å². The van der Waals surface area contributed by atoms with Crippen molar-refractivity contribution in [3.05, 3.63) is 22.7 Å². The Labute approximate surface area is 195 Å². The van der Waals surface area contributed by atoms with Gasteiger partial charge in [0.15, 0.2) is 0 Å². The van der Waals surface area contributed by atoms with E-state index in [1.807, 2.05) is 6.26 Å². The second-order valence-corrected chi connectivity index (χ2v) is 13.2. The van der Waals surface area contributed by atoms with Crippen LogP contribution in [-0.2, 0) is 36.3 Å². The number of rotatable bonds is 12. The summed E-state index contributed by atoms with van der Waals surface area (Å²) in [5, 5.41) is 0. The maximum absolute atomic E-state index is 12.1. The molecule has 0 spiro atoms.